The first kappa shape index (κ1) is 12.7. The molecule has 0 atom stereocenters. The molecule has 0 saturated carbocycles. The highest BCUT2D eigenvalue weighted by Gasteiger charge is 2.06. The fourth-order valence-corrected chi connectivity index (χ4v) is 1.18. The summed E-state index contributed by atoms with van der Waals surface area (Å²) in [6, 6.07) is 3.90. The van der Waals surface area contributed by atoms with E-state index in [-0.39, 0.29) is 12.0 Å². The Kier molecular flexibility index (Phi) is 4.23. The van der Waals surface area contributed by atoms with Gasteiger partial charge in [-0.1, -0.05) is 11.8 Å². The van der Waals surface area contributed by atoms with Gasteiger partial charge in [-0.3, -0.25) is 9.59 Å². The molecule has 0 unspecified atom stereocenters. The van der Waals surface area contributed by atoms with Gasteiger partial charge in [0.25, 0.3) is 0 Å². The van der Waals surface area contributed by atoms with Gasteiger partial charge in [0.1, 0.15) is 5.82 Å². The lowest BCUT2D eigenvalue weighted by Crippen LogP contribution is -2.08. The van der Waals surface area contributed by atoms with Gasteiger partial charge in [-0.05, 0) is 18.2 Å². The van der Waals surface area contributed by atoms with Crippen LogP contribution >= 0.6 is 0 Å². The maximum Gasteiger partial charge on any atom is 0.307 e. The molecular weight excluding hydrogens is 225 g/mol. The van der Waals surface area contributed by atoms with Crippen LogP contribution in [0, 0.1) is 17.7 Å². The van der Waals surface area contributed by atoms with E-state index in [0.29, 0.717) is 5.56 Å². The minimum absolute atomic E-state index is 0.0587. The Morgan fingerprint density at radius 1 is 1.41 bits per heavy atom. The van der Waals surface area contributed by atoms with Crippen molar-refractivity contribution in [1.82, 2.24) is 0 Å². The molecule has 0 aliphatic rings. The summed E-state index contributed by atoms with van der Waals surface area (Å²) in [6.07, 6.45) is -0.497. The summed E-state index contributed by atoms with van der Waals surface area (Å²) in [5, 5.41) is 8.57. The number of carboxylic acid groups (broad SMARTS) is 1. The van der Waals surface area contributed by atoms with Crippen molar-refractivity contribution >= 4 is 11.9 Å². The number of nitrogens with two attached hydrogens (primary N) is 1. The largest absolute Gasteiger partial charge is 0.481 e. The Labute approximate surface area is 97.2 Å². The van der Waals surface area contributed by atoms with Crippen LogP contribution in [0.25, 0.3) is 0 Å². The molecule has 1 amide bonds. The average Bonchev–Trinajstić information content (AvgIpc) is 2.21. The van der Waals surface area contributed by atoms with E-state index in [1.807, 2.05) is 0 Å². The van der Waals surface area contributed by atoms with Crippen LogP contribution in [-0.2, 0) is 16.0 Å². The van der Waals surface area contributed by atoms with Crippen LogP contribution in [0.5, 0.6) is 0 Å². The van der Waals surface area contributed by atoms with E-state index in [1.54, 1.807) is 0 Å². The molecule has 0 aliphatic carbocycles. The number of benzene rings is 1. The number of hydrogen-bond acceptors (Lipinski definition) is 2. The Morgan fingerprint density at radius 3 is 2.71 bits per heavy atom. The molecule has 17 heavy (non-hydrogen) atoms. The summed E-state index contributed by atoms with van der Waals surface area (Å²) in [7, 11) is 0. The van der Waals surface area contributed by atoms with Gasteiger partial charge in [0, 0.05) is 11.1 Å². The van der Waals surface area contributed by atoms with Crippen molar-refractivity contribution in [3.63, 3.8) is 0 Å². The third-order valence-electron chi connectivity index (χ3n) is 1.88. The third-order valence-corrected chi connectivity index (χ3v) is 1.88. The number of amides is 1. The van der Waals surface area contributed by atoms with Gasteiger partial charge < -0.3 is 10.8 Å². The zero-order valence-electron chi connectivity index (χ0n) is 8.87. The third kappa shape index (κ3) is 4.34. The number of carbonyl (C=O) groups excluding carboxylic acids is 1. The summed E-state index contributed by atoms with van der Waals surface area (Å²) in [4.78, 5) is 20.9. The molecule has 5 heteroatoms. The van der Waals surface area contributed by atoms with E-state index < -0.39 is 24.1 Å². The second kappa shape index (κ2) is 5.66. The van der Waals surface area contributed by atoms with Crippen LogP contribution in [0.1, 0.15) is 17.5 Å². The number of halogens is 1. The second-order valence-electron chi connectivity index (χ2n) is 3.32. The fraction of sp³-hybridized carbons (Fsp3) is 0.167. The summed E-state index contributed by atoms with van der Waals surface area (Å²) < 4.78 is 13.2. The number of rotatable bonds is 3. The zero-order valence-corrected chi connectivity index (χ0v) is 8.87. The lowest BCUT2D eigenvalue weighted by molar-refractivity contribution is -0.136. The Balaban J connectivity index is 2.90. The Morgan fingerprint density at radius 2 is 2.12 bits per heavy atom. The van der Waals surface area contributed by atoms with Crippen molar-refractivity contribution in [3.8, 4) is 11.8 Å². The zero-order chi connectivity index (χ0) is 12.8. The van der Waals surface area contributed by atoms with Crippen molar-refractivity contribution in [2.75, 3.05) is 0 Å². The highest BCUT2D eigenvalue weighted by atomic mass is 19.1. The summed E-state index contributed by atoms with van der Waals surface area (Å²) in [5.41, 5.74) is 5.40. The minimum Gasteiger partial charge on any atom is -0.481 e. The van der Waals surface area contributed by atoms with Gasteiger partial charge >= 0.3 is 5.97 Å². The van der Waals surface area contributed by atoms with Crippen molar-refractivity contribution < 1.29 is 19.1 Å². The summed E-state index contributed by atoms with van der Waals surface area (Å²) in [6.45, 7) is 0. The van der Waals surface area contributed by atoms with E-state index in [4.69, 9.17) is 10.8 Å². The van der Waals surface area contributed by atoms with Crippen molar-refractivity contribution in [1.29, 1.82) is 0 Å². The van der Waals surface area contributed by atoms with E-state index in [2.05, 4.69) is 11.8 Å². The summed E-state index contributed by atoms with van der Waals surface area (Å²) >= 11 is 0. The highest BCUT2D eigenvalue weighted by Crippen LogP contribution is 2.10. The predicted molar refractivity (Wildman–Crippen MR) is 58.4 cm³/mol. The number of carbonyl (C=O) groups is 2. The van der Waals surface area contributed by atoms with E-state index >= 15 is 0 Å². The van der Waals surface area contributed by atoms with Gasteiger partial charge in [0.05, 0.1) is 12.8 Å². The first-order valence-corrected chi connectivity index (χ1v) is 4.76. The molecule has 1 aromatic carbocycles. The average molecular weight is 235 g/mol. The predicted octanol–water partition coefficient (Wildman–Crippen LogP) is 0.680. The quantitative estimate of drug-likeness (QED) is 0.756. The van der Waals surface area contributed by atoms with Crippen LogP contribution in [-0.4, -0.2) is 17.0 Å². The van der Waals surface area contributed by atoms with Crippen LogP contribution < -0.4 is 5.73 Å². The lowest BCUT2D eigenvalue weighted by Gasteiger charge is -2.00. The number of carboxylic acids is 1. The lowest BCUT2D eigenvalue weighted by atomic mass is 10.1. The molecule has 88 valence electrons. The molecule has 1 aromatic rings. The van der Waals surface area contributed by atoms with Crippen LogP contribution in [0.3, 0.4) is 0 Å². The first-order chi connectivity index (χ1) is 7.99. The van der Waals surface area contributed by atoms with E-state index in [0.717, 1.165) is 6.07 Å². The van der Waals surface area contributed by atoms with Gasteiger partial charge in [-0.25, -0.2) is 4.39 Å². The topological polar surface area (TPSA) is 80.4 Å². The molecule has 0 heterocycles. The Hall–Kier alpha value is -2.35. The van der Waals surface area contributed by atoms with Crippen molar-refractivity contribution in [3.05, 3.63) is 35.1 Å². The second-order valence-corrected chi connectivity index (χ2v) is 3.32. The van der Waals surface area contributed by atoms with Crippen molar-refractivity contribution in [2.24, 2.45) is 5.73 Å². The van der Waals surface area contributed by atoms with Gasteiger partial charge in [-0.2, -0.15) is 0 Å². The maximum absolute atomic E-state index is 13.2. The molecule has 4 nitrogen and oxygen atoms in total. The monoisotopic (exact) mass is 235 g/mol. The fourth-order valence-electron chi connectivity index (χ4n) is 1.18. The van der Waals surface area contributed by atoms with Gasteiger partial charge in [0.15, 0.2) is 0 Å². The molecular formula is C12H10FNO3. The normalized spacial score (nSPS) is 9.24. The van der Waals surface area contributed by atoms with Crippen LogP contribution in [0.15, 0.2) is 18.2 Å². The molecule has 0 fully saturated rings. The molecule has 0 spiro atoms. The molecule has 1 rings (SSSR count). The number of primary amides is 1. The maximum atomic E-state index is 13.2. The smallest absolute Gasteiger partial charge is 0.307 e. The Bertz CT molecular complexity index is 514. The molecule has 3 N–H and O–H groups in total. The first-order valence-electron chi connectivity index (χ1n) is 4.76. The SMILES string of the molecule is NC(=O)CC#Cc1ccc(F)c(CC(=O)O)c1. The van der Waals surface area contributed by atoms with Gasteiger partial charge in [0.2, 0.25) is 5.91 Å². The van der Waals surface area contributed by atoms with E-state index in [1.165, 1.54) is 12.1 Å². The minimum atomic E-state index is -1.12. The molecule has 0 bridgehead atoms. The van der Waals surface area contributed by atoms with Crippen LogP contribution in [0.4, 0.5) is 4.39 Å². The van der Waals surface area contributed by atoms with Crippen LogP contribution in [0.2, 0.25) is 0 Å². The highest BCUT2D eigenvalue weighted by molar-refractivity contribution is 5.76. The number of aliphatic carboxylic acids is 1. The van der Waals surface area contributed by atoms with Crippen molar-refractivity contribution in [2.45, 2.75) is 12.8 Å². The number of hydrogen-bond donors (Lipinski definition) is 2. The summed E-state index contributed by atoms with van der Waals surface area (Å²) in [5.74, 6) is 2.85. The standard InChI is InChI=1S/C12H10FNO3/c13-10-5-4-8(2-1-3-11(14)15)6-9(10)7-12(16)17/h4-6H,3,7H2,(H2,14,15)(H,16,17). The molecule has 0 aliphatic heterocycles. The van der Waals surface area contributed by atoms with Gasteiger partial charge in [-0.15, -0.1) is 0 Å². The molecule has 0 saturated heterocycles. The molecule has 0 radical (unpaired) electrons. The van der Waals surface area contributed by atoms with E-state index in [9.17, 15) is 14.0 Å². The molecule has 0 aromatic heterocycles.